The Morgan fingerprint density at radius 3 is 2.72 bits per heavy atom. The van der Waals surface area contributed by atoms with Crippen molar-refractivity contribution in [3.63, 3.8) is 0 Å². The molecule has 0 unspecified atom stereocenters. The second-order valence-corrected chi connectivity index (χ2v) is 7.87. The summed E-state index contributed by atoms with van der Waals surface area (Å²) in [7, 11) is 0. The van der Waals surface area contributed by atoms with Gasteiger partial charge in [-0.25, -0.2) is 4.98 Å². The van der Waals surface area contributed by atoms with E-state index in [-0.39, 0.29) is 0 Å². The molecule has 0 saturated carbocycles. The maximum atomic E-state index is 4.74. The van der Waals surface area contributed by atoms with Crippen molar-refractivity contribution in [2.75, 3.05) is 0 Å². The minimum absolute atomic E-state index is 0.768. The van der Waals surface area contributed by atoms with Crippen molar-refractivity contribution in [1.29, 1.82) is 0 Å². The summed E-state index contributed by atoms with van der Waals surface area (Å²) in [5.74, 6) is 0. The van der Waals surface area contributed by atoms with Gasteiger partial charge in [0, 0.05) is 17.3 Å². The summed E-state index contributed by atoms with van der Waals surface area (Å²) in [5.41, 5.74) is 1.15. The Morgan fingerprint density at radius 2 is 1.94 bits per heavy atom. The third-order valence-electron chi connectivity index (χ3n) is 3.97. The molecule has 1 N–H and O–H groups in total. The van der Waals surface area contributed by atoms with Gasteiger partial charge < -0.3 is 5.32 Å². The molecule has 1 aromatic heterocycles. The number of hydrogen-bond acceptors (Lipinski definition) is 4. The molecule has 4 heteroatoms. The van der Waals surface area contributed by atoms with E-state index in [1.54, 1.807) is 0 Å². The van der Waals surface area contributed by atoms with Crippen LogP contribution in [-0.2, 0) is 0 Å². The molecule has 2 aliphatic rings. The van der Waals surface area contributed by atoms with Crippen molar-refractivity contribution in [2.24, 2.45) is 0 Å². The third kappa shape index (κ3) is 2.06. The summed E-state index contributed by atoms with van der Waals surface area (Å²) in [6, 6.07) is 10.00. The predicted molar refractivity (Wildman–Crippen MR) is 78.4 cm³/mol. The van der Waals surface area contributed by atoms with Gasteiger partial charge in [0.25, 0.3) is 0 Å². The van der Waals surface area contributed by atoms with E-state index in [1.165, 1.54) is 34.7 Å². The first-order chi connectivity index (χ1) is 8.87. The van der Waals surface area contributed by atoms with Crippen LogP contribution in [0.25, 0.3) is 10.2 Å². The van der Waals surface area contributed by atoms with Gasteiger partial charge in [-0.05, 0) is 37.8 Å². The predicted octanol–water partition coefficient (Wildman–Crippen LogP) is 3.67. The summed E-state index contributed by atoms with van der Waals surface area (Å²) in [6.07, 6.45) is 5.39. The molecule has 2 nitrogen and oxygen atoms in total. The molecule has 2 saturated heterocycles. The number of nitrogens with zero attached hydrogens (tertiary/aromatic N) is 1. The van der Waals surface area contributed by atoms with Crippen LogP contribution in [0.4, 0.5) is 0 Å². The van der Waals surface area contributed by atoms with Crippen LogP contribution in [0.3, 0.4) is 0 Å². The molecule has 0 aliphatic carbocycles. The van der Waals surface area contributed by atoms with E-state index in [1.807, 2.05) is 23.1 Å². The Bertz CT molecular complexity index is 521. The largest absolute Gasteiger partial charge is 0.311 e. The fourth-order valence-corrected chi connectivity index (χ4v) is 5.81. The molecule has 18 heavy (non-hydrogen) atoms. The van der Waals surface area contributed by atoms with E-state index in [0.29, 0.717) is 0 Å². The normalized spacial score (nSPS) is 31.0. The van der Waals surface area contributed by atoms with Crippen LogP contribution < -0.4 is 5.32 Å². The van der Waals surface area contributed by atoms with Crippen molar-refractivity contribution >= 4 is 33.3 Å². The number of aromatic nitrogens is 1. The Balaban J connectivity index is 1.54. The standard InChI is InChI=1S/C14H16N2S2/c1-2-4-13-12(3-1)16-14(18-13)17-11-7-9-5-6-10(8-11)15-9/h1-4,9-11,15H,5-8H2/t9-,10-/m0/s1. The monoisotopic (exact) mass is 276 g/mol. The highest BCUT2D eigenvalue weighted by molar-refractivity contribution is 8.01. The van der Waals surface area contributed by atoms with Crippen LogP contribution in [0.2, 0.25) is 0 Å². The van der Waals surface area contributed by atoms with Crippen molar-refractivity contribution in [3.05, 3.63) is 24.3 Å². The maximum Gasteiger partial charge on any atom is 0.151 e. The molecule has 0 spiro atoms. The van der Waals surface area contributed by atoms with E-state index in [2.05, 4.69) is 29.6 Å². The quantitative estimate of drug-likeness (QED) is 0.906. The maximum absolute atomic E-state index is 4.74. The first-order valence-electron chi connectivity index (χ1n) is 6.65. The lowest BCUT2D eigenvalue weighted by Crippen LogP contribution is -2.39. The molecule has 4 rings (SSSR count). The molecule has 2 aliphatic heterocycles. The van der Waals surface area contributed by atoms with Crippen LogP contribution in [0.15, 0.2) is 28.6 Å². The van der Waals surface area contributed by atoms with Crippen LogP contribution in [0, 0.1) is 0 Å². The second kappa shape index (κ2) is 4.51. The zero-order valence-corrected chi connectivity index (χ0v) is 11.8. The van der Waals surface area contributed by atoms with E-state index in [4.69, 9.17) is 4.98 Å². The summed E-state index contributed by atoms with van der Waals surface area (Å²) in [6.45, 7) is 0. The molecular formula is C14H16N2S2. The Labute approximate surface area is 115 Å². The molecule has 0 radical (unpaired) electrons. The molecule has 3 heterocycles. The molecule has 2 atom stereocenters. The molecular weight excluding hydrogens is 260 g/mol. The third-order valence-corrected chi connectivity index (χ3v) is 6.35. The molecule has 1 aromatic carbocycles. The number of nitrogens with one attached hydrogen (secondary N) is 1. The minimum Gasteiger partial charge on any atom is -0.311 e. The summed E-state index contributed by atoms with van der Waals surface area (Å²) in [5, 5.41) is 4.47. The number of fused-ring (bicyclic) bond motifs is 3. The number of thioether (sulfide) groups is 1. The smallest absolute Gasteiger partial charge is 0.151 e. The fraction of sp³-hybridized carbons (Fsp3) is 0.500. The van der Waals surface area contributed by atoms with Gasteiger partial charge in [-0.3, -0.25) is 0 Å². The molecule has 2 bridgehead atoms. The van der Waals surface area contributed by atoms with Crippen LogP contribution in [0.5, 0.6) is 0 Å². The number of benzene rings is 1. The van der Waals surface area contributed by atoms with Crippen LogP contribution in [-0.4, -0.2) is 22.3 Å². The first-order valence-corrected chi connectivity index (χ1v) is 8.35. The number of para-hydroxylation sites is 1. The van der Waals surface area contributed by atoms with Crippen molar-refractivity contribution in [2.45, 2.75) is 47.4 Å². The van der Waals surface area contributed by atoms with Crippen molar-refractivity contribution < 1.29 is 0 Å². The highest BCUT2D eigenvalue weighted by Crippen LogP contribution is 2.39. The van der Waals surface area contributed by atoms with E-state index in [0.717, 1.165) is 22.9 Å². The second-order valence-electron chi connectivity index (χ2n) is 5.30. The summed E-state index contributed by atoms with van der Waals surface area (Å²) < 4.78 is 2.57. The lowest BCUT2D eigenvalue weighted by molar-refractivity contribution is 0.415. The van der Waals surface area contributed by atoms with Gasteiger partial charge in [0.15, 0.2) is 4.34 Å². The average molecular weight is 276 g/mol. The lowest BCUT2D eigenvalue weighted by Gasteiger charge is -2.27. The Morgan fingerprint density at radius 1 is 1.17 bits per heavy atom. The van der Waals surface area contributed by atoms with Gasteiger partial charge in [0.2, 0.25) is 0 Å². The first kappa shape index (κ1) is 11.3. The average Bonchev–Trinajstić information content (AvgIpc) is 2.92. The zero-order chi connectivity index (χ0) is 11.9. The van der Waals surface area contributed by atoms with Crippen molar-refractivity contribution in [3.8, 4) is 0 Å². The zero-order valence-electron chi connectivity index (χ0n) is 10.1. The van der Waals surface area contributed by atoms with Crippen LogP contribution in [0.1, 0.15) is 25.7 Å². The SMILES string of the molecule is c1ccc2sc(SC3C[C@@H]4CC[C@@H](C3)N4)nc2c1. The lowest BCUT2D eigenvalue weighted by atomic mass is 10.1. The minimum atomic E-state index is 0.768. The van der Waals surface area contributed by atoms with Crippen molar-refractivity contribution in [1.82, 2.24) is 10.3 Å². The van der Waals surface area contributed by atoms with E-state index in [9.17, 15) is 0 Å². The number of piperidine rings is 1. The number of thiazole rings is 1. The van der Waals surface area contributed by atoms with Gasteiger partial charge in [-0.15, -0.1) is 11.3 Å². The topological polar surface area (TPSA) is 24.9 Å². The van der Waals surface area contributed by atoms with Gasteiger partial charge in [0.05, 0.1) is 10.2 Å². The van der Waals surface area contributed by atoms with E-state index < -0.39 is 0 Å². The molecule has 94 valence electrons. The highest BCUT2D eigenvalue weighted by Gasteiger charge is 2.34. The molecule has 2 aromatic rings. The van der Waals surface area contributed by atoms with Gasteiger partial charge in [-0.2, -0.15) is 0 Å². The summed E-state index contributed by atoms with van der Waals surface area (Å²) >= 11 is 3.85. The number of hydrogen-bond donors (Lipinski definition) is 1. The van der Waals surface area contributed by atoms with Gasteiger partial charge in [0.1, 0.15) is 0 Å². The number of rotatable bonds is 2. The fourth-order valence-electron chi connectivity index (χ4n) is 3.15. The molecule has 2 fully saturated rings. The Kier molecular flexibility index (Phi) is 2.82. The summed E-state index contributed by atoms with van der Waals surface area (Å²) in [4.78, 5) is 4.74. The van der Waals surface area contributed by atoms with Gasteiger partial charge in [-0.1, -0.05) is 23.9 Å². The Hall–Kier alpha value is -0.580. The van der Waals surface area contributed by atoms with E-state index >= 15 is 0 Å². The van der Waals surface area contributed by atoms with Gasteiger partial charge >= 0.3 is 0 Å². The van der Waals surface area contributed by atoms with Crippen LogP contribution >= 0.6 is 23.1 Å². The highest BCUT2D eigenvalue weighted by atomic mass is 32.2. The molecule has 0 amide bonds.